The summed E-state index contributed by atoms with van der Waals surface area (Å²) in [6.07, 6.45) is 6.83. The number of carbonyl (C=O) groups excluding carboxylic acids is 1. The van der Waals surface area contributed by atoms with Crippen LogP contribution in [0.4, 0.5) is 0 Å². The number of carbonyl (C=O) groups is 1. The predicted octanol–water partition coefficient (Wildman–Crippen LogP) is 2.84. The first kappa shape index (κ1) is 13.6. The van der Waals surface area contributed by atoms with Crippen LogP contribution < -0.4 is 5.32 Å². The summed E-state index contributed by atoms with van der Waals surface area (Å²) in [5, 5.41) is 12.8. The minimum Gasteiger partial charge on any atom is -0.388 e. The Morgan fingerprint density at radius 1 is 1.50 bits per heavy atom. The molecule has 1 aliphatic rings. The van der Waals surface area contributed by atoms with Crippen molar-refractivity contribution >= 4 is 34.9 Å². The van der Waals surface area contributed by atoms with Crippen LogP contribution in [0.1, 0.15) is 30.6 Å². The molecule has 0 aliphatic heterocycles. The first-order valence-electron chi connectivity index (χ1n) is 6.01. The fourth-order valence-electron chi connectivity index (χ4n) is 2.10. The van der Waals surface area contributed by atoms with Crippen molar-refractivity contribution in [2.45, 2.75) is 31.3 Å². The van der Waals surface area contributed by atoms with Crippen LogP contribution in [-0.2, 0) is 4.79 Å². The number of aliphatic hydroxyl groups is 1. The van der Waals surface area contributed by atoms with E-state index in [1.165, 1.54) is 17.4 Å². The van der Waals surface area contributed by atoms with Gasteiger partial charge in [-0.3, -0.25) is 4.79 Å². The molecule has 0 unspecified atom stereocenters. The van der Waals surface area contributed by atoms with E-state index in [0.29, 0.717) is 10.9 Å². The normalized spacial score (nSPS) is 18.3. The zero-order valence-corrected chi connectivity index (χ0v) is 11.6. The number of hydrogen-bond acceptors (Lipinski definition) is 3. The maximum absolute atomic E-state index is 11.6. The number of thiophene rings is 1. The lowest BCUT2D eigenvalue weighted by Crippen LogP contribution is -2.40. The molecule has 1 aliphatic carbocycles. The molecule has 0 radical (unpaired) electrons. The molecule has 1 fully saturated rings. The van der Waals surface area contributed by atoms with Crippen molar-refractivity contribution in [3.8, 4) is 0 Å². The highest BCUT2D eigenvalue weighted by atomic mass is 35.5. The molecule has 2 N–H and O–H groups in total. The minimum absolute atomic E-state index is 0.181. The molecule has 98 valence electrons. The molecule has 1 aromatic heterocycles. The van der Waals surface area contributed by atoms with E-state index in [1.807, 2.05) is 6.07 Å². The third kappa shape index (κ3) is 3.83. The summed E-state index contributed by atoms with van der Waals surface area (Å²) in [7, 11) is 0. The van der Waals surface area contributed by atoms with Crippen LogP contribution in [-0.4, -0.2) is 23.2 Å². The molecule has 0 bridgehead atoms. The lowest BCUT2D eigenvalue weighted by atomic mass is 10.0. The number of rotatable bonds is 4. The summed E-state index contributed by atoms with van der Waals surface area (Å²) in [5.74, 6) is -0.181. The quantitative estimate of drug-likeness (QED) is 0.836. The molecule has 1 aromatic rings. The summed E-state index contributed by atoms with van der Waals surface area (Å²) in [5.41, 5.74) is -0.699. The van der Waals surface area contributed by atoms with Gasteiger partial charge in [0, 0.05) is 17.5 Å². The average Bonchev–Trinajstić information content (AvgIpc) is 2.94. The molecule has 3 nitrogen and oxygen atoms in total. The second kappa shape index (κ2) is 5.87. The largest absolute Gasteiger partial charge is 0.388 e. The van der Waals surface area contributed by atoms with Crippen molar-refractivity contribution in [3.05, 3.63) is 27.4 Å². The highest BCUT2D eigenvalue weighted by molar-refractivity contribution is 7.17. The van der Waals surface area contributed by atoms with Gasteiger partial charge < -0.3 is 10.4 Å². The molecule has 1 amide bonds. The van der Waals surface area contributed by atoms with Crippen molar-refractivity contribution in [3.63, 3.8) is 0 Å². The summed E-state index contributed by atoms with van der Waals surface area (Å²) < 4.78 is 0.704. The van der Waals surface area contributed by atoms with Crippen molar-refractivity contribution in [2.75, 3.05) is 6.54 Å². The van der Waals surface area contributed by atoms with Gasteiger partial charge in [-0.2, -0.15) is 0 Å². The van der Waals surface area contributed by atoms with Crippen LogP contribution in [0.15, 0.2) is 18.2 Å². The SMILES string of the molecule is O=C(C=Cc1ccc(Cl)s1)NCC1(O)CCCC1. The van der Waals surface area contributed by atoms with E-state index < -0.39 is 5.60 Å². The Hall–Kier alpha value is -0.840. The van der Waals surface area contributed by atoms with Crippen LogP contribution in [0.2, 0.25) is 4.34 Å². The smallest absolute Gasteiger partial charge is 0.244 e. The Kier molecular flexibility index (Phi) is 4.43. The Morgan fingerprint density at radius 2 is 2.22 bits per heavy atom. The van der Waals surface area contributed by atoms with E-state index in [2.05, 4.69) is 5.32 Å². The van der Waals surface area contributed by atoms with Gasteiger partial charge in [0.25, 0.3) is 0 Å². The topological polar surface area (TPSA) is 49.3 Å². The summed E-state index contributed by atoms with van der Waals surface area (Å²) >= 11 is 7.21. The molecule has 0 spiro atoms. The van der Waals surface area contributed by atoms with Gasteiger partial charge in [0.2, 0.25) is 5.91 Å². The third-order valence-corrected chi connectivity index (χ3v) is 4.32. The van der Waals surface area contributed by atoms with Crippen molar-refractivity contribution in [1.82, 2.24) is 5.32 Å². The molecule has 0 aromatic carbocycles. The van der Waals surface area contributed by atoms with Crippen LogP contribution >= 0.6 is 22.9 Å². The number of nitrogens with one attached hydrogen (secondary N) is 1. The van der Waals surface area contributed by atoms with E-state index in [0.717, 1.165) is 30.6 Å². The second-order valence-corrected chi connectivity index (χ2v) is 6.37. The molecule has 0 saturated heterocycles. The van der Waals surface area contributed by atoms with E-state index >= 15 is 0 Å². The second-order valence-electron chi connectivity index (χ2n) is 4.62. The Labute approximate surface area is 115 Å². The Bertz CT molecular complexity index is 450. The summed E-state index contributed by atoms with van der Waals surface area (Å²) in [6, 6.07) is 3.66. The predicted molar refractivity (Wildman–Crippen MR) is 74.8 cm³/mol. The van der Waals surface area contributed by atoms with Crippen molar-refractivity contribution in [2.24, 2.45) is 0 Å². The first-order chi connectivity index (χ1) is 8.57. The van der Waals surface area contributed by atoms with Crippen LogP contribution in [0.25, 0.3) is 6.08 Å². The maximum Gasteiger partial charge on any atom is 0.244 e. The van der Waals surface area contributed by atoms with Gasteiger partial charge in [-0.25, -0.2) is 0 Å². The molecular weight excluding hydrogens is 270 g/mol. The summed E-state index contributed by atoms with van der Waals surface area (Å²) in [6.45, 7) is 0.335. The van der Waals surface area contributed by atoms with E-state index in [-0.39, 0.29) is 5.91 Å². The molecule has 5 heteroatoms. The first-order valence-corrected chi connectivity index (χ1v) is 7.21. The molecule has 1 saturated carbocycles. The summed E-state index contributed by atoms with van der Waals surface area (Å²) in [4.78, 5) is 12.5. The Balaban J connectivity index is 1.80. The van der Waals surface area contributed by atoms with E-state index in [4.69, 9.17) is 11.6 Å². The van der Waals surface area contributed by atoms with Crippen molar-refractivity contribution < 1.29 is 9.90 Å². The average molecular weight is 286 g/mol. The fourth-order valence-corrected chi connectivity index (χ4v) is 3.06. The molecule has 18 heavy (non-hydrogen) atoms. The zero-order valence-electron chi connectivity index (χ0n) is 9.99. The maximum atomic E-state index is 11.6. The van der Waals surface area contributed by atoms with E-state index in [9.17, 15) is 9.90 Å². The number of hydrogen-bond donors (Lipinski definition) is 2. The van der Waals surface area contributed by atoms with Gasteiger partial charge in [-0.05, 0) is 31.1 Å². The standard InChI is InChI=1S/C13H16ClNO2S/c14-11-5-3-10(18-11)4-6-12(16)15-9-13(17)7-1-2-8-13/h3-6,17H,1-2,7-9H2,(H,15,16). The highest BCUT2D eigenvalue weighted by Gasteiger charge is 2.30. The van der Waals surface area contributed by atoms with Gasteiger partial charge in [0.15, 0.2) is 0 Å². The van der Waals surface area contributed by atoms with Gasteiger partial charge >= 0.3 is 0 Å². The number of halogens is 1. The van der Waals surface area contributed by atoms with E-state index in [1.54, 1.807) is 12.1 Å². The molecular formula is C13H16ClNO2S. The van der Waals surface area contributed by atoms with Gasteiger partial charge in [0.05, 0.1) is 9.94 Å². The Morgan fingerprint density at radius 3 is 2.83 bits per heavy atom. The van der Waals surface area contributed by atoms with Gasteiger partial charge in [-0.15, -0.1) is 11.3 Å². The third-order valence-electron chi connectivity index (χ3n) is 3.12. The highest BCUT2D eigenvalue weighted by Crippen LogP contribution is 2.28. The molecule has 0 atom stereocenters. The minimum atomic E-state index is -0.699. The van der Waals surface area contributed by atoms with Gasteiger partial charge in [0.1, 0.15) is 0 Å². The number of amides is 1. The lowest BCUT2D eigenvalue weighted by Gasteiger charge is -2.21. The zero-order chi connectivity index (χ0) is 13.0. The monoisotopic (exact) mass is 285 g/mol. The van der Waals surface area contributed by atoms with Crippen molar-refractivity contribution in [1.29, 1.82) is 0 Å². The lowest BCUT2D eigenvalue weighted by molar-refractivity contribution is -0.117. The van der Waals surface area contributed by atoms with Crippen LogP contribution in [0.3, 0.4) is 0 Å². The molecule has 1 heterocycles. The van der Waals surface area contributed by atoms with Crippen LogP contribution in [0, 0.1) is 0 Å². The molecule has 2 rings (SSSR count). The van der Waals surface area contributed by atoms with Gasteiger partial charge in [-0.1, -0.05) is 24.4 Å². The van der Waals surface area contributed by atoms with Crippen LogP contribution in [0.5, 0.6) is 0 Å². The fraction of sp³-hybridized carbons (Fsp3) is 0.462.